The van der Waals surface area contributed by atoms with Crippen LogP contribution in [0.2, 0.25) is 0 Å². The van der Waals surface area contributed by atoms with Crippen molar-refractivity contribution in [3.8, 4) is 0 Å². The fraction of sp³-hybridized carbons (Fsp3) is 0.750. The predicted octanol–water partition coefficient (Wildman–Crippen LogP) is 2.51. The molecular weight excluding hydrogens is 186 g/mol. The largest absolute Gasteiger partial charge is 0.337 e. The van der Waals surface area contributed by atoms with Crippen LogP contribution in [0.4, 0.5) is 0 Å². The van der Waals surface area contributed by atoms with Crippen molar-refractivity contribution >= 4 is 0 Å². The van der Waals surface area contributed by atoms with Gasteiger partial charge in [-0.25, -0.2) is 4.98 Å². The van der Waals surface area contributed by atoms with E-state index in [-0.39, 0.29) is 0 Å². The summed E-state index contributed by atoms with van der Waals surface area (Å²) in [6.45, 7) is 6.83. The molecule has 86 valence electrons. The summed E-state index contributed by atoms with van der Waals surface area (Å²) in [6, 6.07) is 0.365. The van der Waals surface area contributed by atoms with E-state index in [1.807, 2.05) is 26.5 Å². The van der Waals surface area contributed by atoms with Crippen molar-refractivity contribution in [3.63, 3.8) is 0 Å². The molecule has 3 nitrogen and oxygen atoms in total. The van der Waals surface area contributed by atoms with E-state index in [4.69, 9.17) is 0 Å². The van der Waals surface area contributed by atoms with Crippen LogP contribution in [0.1, 0.15) is 45.5 Å². The second-order valence-electron chi connectivity index (χ2n) is 5.34. The molecule has 1 unspecified atom stereocenters. The molecule has 0 aliphatic rings. The average Bonchev–Trinajstić information content (AvgIpc) is 2.52. The zero-order chi connectivity index (χ0) is 11.5. The summed E-state index contributed by atoms with van der Waals surface area (Å²) >= 11 is 0. The van der Waals surface area contributed by atoms with Gasteiger partial charge in [-0.3, -0.25) is 0 Å². The lowest BCUT2D eigenvalue weighted by Gasteiger charge is -2.22. The molecule has 0 aliphatic heterocycles. The lowest BCUT2D eigenvalue weighted by atomic mass is 9.88. The van der Waals surface area contributed by atoms with Crippen molar-refractivity contribution in [1.82, 2.24) is 14.9 Å². The standard InChI is InChI=1S/C12H23N3/c1-12(2,3)7-6-10(13-4)11-14-8-9-15(11)5/h8-10,13H,6-7H2,1-5H3. The third-order valence-corrected chi connectivity index (χ3v) is 2.70. The molecule has 1 aromatic heterocycles. The van der Waals surface area contributed by atoms with Crippen LogP contribution in [0.3, 0.4) is 0 Å². The number of rotatable bonds is 4. The van der Waals surface area contributed by atoms with Crippen LogP contribution in [-0.4, -0.2) is 16.6 Å². The Balaban J connectivity index is 2.61. The summed E-state index contributed by atoms with van der Waals surface area (Å²) in [5.41, 5.74) is 0.389. The van der Waals surface area contributed by atoms with E-state index >= 15 is 0 Å². The lowest BCUT2D eigenvalue weighted by Crippen LogP contribution is -2.21. The van der Waals surface area contributed by atoms with Crippen molar-refractivity contribution in [3.05, 3.63) is 18.2 Å². The summed E-state index contributed by atoms with van der Waals surface area (Å²) in [5, 5.41) is 3.33. The van der Waals surface area contributed by atoms with Gasteiger partial charge in [-0.1, -0.05) is 20.8 Å². The number of aromatic nitrogens is 2. The Bertz CT molecular complexity index is 296. The number of imidazole rings is 1. The Hall–Kier alpha value is -0.830. The molecule has 1 aromatic rings. The molecule has 0 saturated carbocycles. The van der Waals surface area contributed by atoms with Gasteiger partial charge < -0.3 is 9.88 Å². The number of nitrogens with zero attached hydrogens (tertiary/aromatic N) is 2. The van der Waals surface area contributed by atoms with Crippen LogP contribution in [0.5, 0.6) is 0 Å². The Morgan fingerprint density at radius 1 is 1.47 bits per heavy atom. The van der Waals surface area contributed by atoms with Gasteiger partial charge in [0.05, 0.1) is 6.04 Å². The number of aryl methyl sites for hydroxylation is 1. The van der Waals surface area contributed by atoms with Gasteiger partial charge in [0.25, 0.3) is 0 Å². The maximum absolute atomic E-state index is 4.39. The molecule has 0 saturated heterocycles. The van der Waals surface area contributed by atoms with Gasteiger partial charge in [0, 0.05) is 19.4 Å². The summed E-state index contributed by atoms with van der Waals surface area (Å²) < 4.78 is 2.09. The van der Waals surface area contributed by atoms with Crippen molar-refractivity contribution in [2.45, 2.75) is 39.7 Å². The molecule has 0 spiro atoms. The molecular formula is C12H23N3. The first kappa shape index (κ1) is 12.2. The van der Waals surface area contributed by atoms with E-state index in [0.717, 1.165) is 12.2 Å². The number of nitrogens with one attached hydrogen (secondary N) is 1. The third-order valence-electron chi connectivity index (χ3n) is 2.70. The van der Waals surface area contributed by atoms with E-state index in [2.05, 4.69) is 35.6 Å². The van der Waals surface area contributed by atoms with Gasteiger partial charge in [-0.15, -0.1) is 0 Å². The van der Waals surface area contributed by atoms with Gasteiger partial charge in [-0.2, -0.15) is 0 Å². The molecule has 0 amide bonds. The van der Waals surface area contributed by atoms with Gasteiger partial charge >= 0.3 is 0 Å². The van der Waals surface area contributed by atoms with Crippen LogP contribution in [0, 0.1) is 5.41 Å². The fourth-order valence-electron chi connectivity index (χ4n) is 1.69. The summed E-state index contributed by atoms with van der Waals surface area (Å²) in [7, 11) is 4.05. The molecule has 15 heavy (non-hydrogen) atoms. The highest BCUT2D eigenvalue weighted by Gasteiger charge is 2.17. The van der Waals surface area contributed by atoms with Crippen LogP contribution in [-0.2, 0) is 7.05 Å². The maximum Gasteiger partial charge on any atom is 0.125 e. The quantitative estimate of drug-likeness (QED) is 0.825. The van der Waals surface area contributed by atoms with E-state index in [1.165, 1.54) is 6.42 Å². The minimum atomic E-state index is 0.365. The highest BCUT2D eigenvalue weighted by Crippen LogP contribution is 2.26. The normalized spacial score (nSPS) is 14.2. The molecule has 1 rings (SSSR count). The second kappa shape index (κ2) is 4.79. The monoisotopic (exact) mass is 209 g/mol. The van der Waals surface area contributed by atoms with Gasteiger partial charge in [0.15, 0.2) is 0 Å². The Morgan fingerprint density at radius 2 is 2.13 bits per heavy atom. The van der Waals surface area contributed by atoms with Crippen LogP contribution in [0.15, 0.2) is 12.4 Å². The third kappa shape index (κ3) is 3.67. The predicted molar refractivity (Wildman–Crippen MR) is 63.7 cm³/mol. The highest BCUT2D eigenvalue weighted by atomic mass is 15.1. The Labute approximate surface area is 92.9 Å². The van der Waals surface area contributed by atoms with Crippen molar-refractivity contribution in [2.24, 2.45) is 12.5 Å². The minimum Gasteiger partial charge on any atom is -0.337 e. The van der Waals surface area contributed by atoms with Crippen LogP contribution < -0.4 is 5.32 Å². The van der Waals surface area contributed by atoms with Gasteiger partial charge in [0.1, 0.15) is 5.82 Å². The van der Waals surface area contributed by atoms with Crippen molar-refractivity contribution in [1.29, 1.82) is 0 Å². The zero-order valence-electron chi connectivity index (χ0n) is 10.5. The van der Waals surface area contributed by atoms with Gasteiger partial charge in [-0.05, 0) is 25.3 Å². The maximum atomic E-state index is 4.39. The smallest absolute Gasteiger partial charge is 0.125 e. The molecule has 1 N–H and O–H groups in total. The molecule has 0 radical (unpaired) electrons. The Kier molecular flexibility index (Phi) is 3.91. The number of hydrogen-bond acceptors (Lipinski definition) is 2. The van der Waals surface area contributed by atoms with E-state index < -0.39 is 0 Å². The molecule has 3 heteroatoms. The minimum absolute atomic E-state index is 0.365. The van der Waals surface area contributed by atoms with Crippen molar-refractivity contribution in [2.75, 3.05) is 7.05 Å². The topological polar surface area (TPSA) is 29.9 Å². The van der Waals surface area contributed by atoms with Crippen LogP contribution >= 0.6 is 0 Å². The first-order valence-electron chi connectivity index (χ1n) is 5.58. The SMILES string of the molecule is CNC(CCC(C)(C)C)c1nccn1C. The highest BCUT2D eigenvalue weighted by molar-refractivity contribution is 4.98. The molecule has 0 bridgehead atoms. The van der Waals surface area contributed by atoms with Crippen LogP contribution in [0.25, 0.3) is 0 Å². The lowest BCUT2D eigenvalue weighted by molar-refractivity contribution is 0.331. The average molecular weight is 209 g/mol. The molecule has 1 heterocycles. The molecule has 1 atom stereocenters. The number of hydrogen-bond donors (Lipinski definition) is 1. The first-order chi connectivity index (χ1) is 6.94. The summed E-state index contributed by atoms with van der Waals surface area (Å²) in [5.74, 6) is 1.13. The molecule has 0 aromatic carbocycles. The summed E-state index contributed by atoms with van der Waals surface area (Å²) in [6.07, 6.45) is 6.18. The fourth-order valence-corrected chi connectivity index (χ4v) is 1.69. The van der Waals surface area contributed by atoms with E-state index in [0.29, 0.717) is 11.5 Å². The van der Waals surface area contributed by atoms with E-state index in [1.54, 1.807) is 0 Å². The second-order valence-corrected chi connectivity index (χ2v) is 5.34. The van der Waals surface area contributed by atoms with E-state index in [9.17, 15) is 0 Å². The Morgan fingerprint density at radius 3 is 2.53 bits per heavy atom. The molecule has 0 fully saturated rings. The summed E-state index contributed by atoms with van der Waals surface area (Å²) in [4.78, 5) is 4.39. The molecule has 0 aliphatic carbocycles. The van der Waals surface area contributed by atoms with Gasteiger partial charge in [0.2, 0.25) is 0 Å². The van der Waals surface area contributed by atoms with Crippen molar-refractivity contribution < 1.29 is 0 Å². The zero-order valence-corrected chi connectivity index (χ0v) is 10.5. The first-order valence-corrected chi connectivity index (χ1v) is 5.58.